The topological polar surface area (TPSA) is 57.2 Å². The number of amides is 1. The maximum absolute atomic E-state index is 12.8. The van der Waals surface area contributed by atoms with Gasteiger partial charge in [0.25, 0.3) is 5.91 Å². The molecule has 124 valence electrons. The third kappa shape index (κ3) is 2.81. The lowest BCUT2D eigenvalue weighted by atomic mass is 10.1. The lowest BCUT2D eigenvalue weighted by Crippen LogP contribution is -2.44. The molecular weight excluding hydrogens is 310 g/mol. The van der Waals surface area contributed by atoms with Crippen LogP contribution in [-0.2, 0) is 9.57 Å². The van der Waals surface area contributed by atoms with E-state index in [2.05, 4.69) is 0 Å². The Morgan fingerprint density at radius 2 is 1.88 bits per heavy atom. The molecule has 0 unspecified atom stereocenters. The minimum absolute atomic E-state index is 0.137. The number of carbonyl (C=O) groups excluding carboxylic acids is 1. The van der Waals surface area contributed by atoms with Crippen LogP contribution in [0.15, 0.2) is 48.5 Å². The molecule has 0 spiro atoms. The smallest absolute Gasteiger partial charge is 0.277 e. The molecule has 2 aliphatic rings. The second kappa shape index (κ2) is 6.14. The van der Waals surface area contributed by atoms with Crippen molar-refractivity contribution in [1.82, 2.24) is 5.06 Å². The Balaban J connectivity index is 1.55. The monoisotopic (exact) mass is 327 g/mol. The third-order valence-electron chi connectivity index (χ3n) is 3.92. The molecular formula is C18H17NO5. The highest BCUT2D eigenvalue weighted by Gasteiger charge is 2.31. The summed E-state index contributed by atoms with van der Waals surface area (Å²) in [5.74, 6) is 0.983. The number of hydrogen-bond acceptors (Lipinski definition) is 5. The van der Waals surface area contributed by atoms with Crippen LogP contribution in [0.3, 0.4) is 0 Å². The molecule has 0 aromatic heterocycles. The van der Waals surface area contributed by atoms with Crippen LogP contribution < -0.4 is 9.47 Å². The number of rotatable bonds is 2. The summed E-state index contributed by atoms with van der Waals surface area (Å²) in [5.41, 5.74) is 1.35. The first-order valence-electron chi connectivity index (χ1n) is 7.79. The van der Waals surface area contributed by atoms with E-state index in [1.165, 1.54) is 5.06 Å². The zero-order valence-electron chi connectivity index (χ0n) is 13.2. The first-order chi connectivity index (χ1) is 11.7. The number of benzene rings is 2. The van der Waals surface area contributed by atoms with Gasteiger partial charge in [0.2, 0.25) is 13.1 Å². The van der Waals surface area contributed by atoms with Crippen molar-refractivity contribution in [2.45, 2.75) is 19.3 Å². The first kappa shape index (κ1) is 15.0. The summed E-state index contributed by atoms with van der Waals surface area (Å²) in [5, 5.41) is 1.35. The van der Waals surface area contributed by atoms with E-state index in [4.69, 9.17) is 19.0 Å². The molecule has 2 aromatic carbocycles. The molecule has 0 saturated carbocycles. The number of nitrogens with zero attached hydrogens (tertiary/aromatic N) is 1. The largest absolute Gasteiger partial charge is 0.454 e. The van der Waals surface area contributed by atoms with Gasteiger partial charge < -0.3 is 14.2 Å². The maximum atomic E-state index is 12.8. The van der Waals surface area contributed by atoms with E-state index in [-0.39, 0.29) is 18.8 Å². The van der Waals surface area contributed by atoms with Gasteiger partial charge >= 0.3 is 0 Å². The van der Waals surface area contributed by atoms with Crippen LogP contribution in [-0.4, -0.2) is 30.4 Å². The van der Waals surface area contributed by atoms with Gasteiger partial charge in [-0.1, -0.05) is 30.3 Å². The quantitative estimate of drug-likeness (QED) is 0.849. The van der Waals surface area contributed by atoms with Crippen molar-refractivity contribution in [1.29, 1.82) is 0 Å². The minimum atomic E-state index is -0.604. The lowest BCUT2D eigenvalue weighted by Gasteiger charge is -2.36. The summed E-state index contributed by atoms with van der Waals surface area (Å²) in [7, 11) is 0. The van der Waals surface area contributed by atoms with Crippen molar-refractivity contribution in [2.75, 3.05) is 13.3 Å². The third-order valence-corrected chi connectivity index (χ3v) is 3.92. The van der Waals surface area contributed by atoms with Gasteiger partial charge in [-0.3, -0.25) is 4.79 Å². The lowest BCUT2D eigenvalue weighted by molar-refractivity contribution is -0.320. The second-order valence-corrected chi connectivity index (χ2v) is 5.73. The molecule has 6 heteroatoms. The molecule has 2 heterocycles. The number of ether oxygens (including phenoxy) is 3. The molecule has 1 saturated heterocycles. The van der Waals surface area contributed by atoms with Crippen LogP contribution in [0.1, 0.15) is 29.1 Å². The Kier molecular flexibility index (Phi) is 3.84. The van der Waals surface area contributed by atoms with Crippen molar-refractivity contribution in [3.05, 3.63) is 59.7 Å². The molecule has 2 aromatic rings. The molecule has 0 N–H and O–H groups in total. The minimum Gasteiger partial charge on any atom is -0.454 e. The van der Waals surface area contributed by atoms with Gasteiger partial charge in [0.15, 0.2) is 11.5 Å². The number of hydrogen-bond donors (Lipinski definition) is 0. The Morgan fingerprint density at radius 1 is 1.08 bits per heavy atom. The molecule has 4 rings (SSSR count). The van der Waals surface area contributed by atoms with Crippen LogP contribution in [0.5, 0.6) is 11.5 Å². The normalized spacial score (nSPS) is 22.5. The Labute approximate surface area is 139 Å². The van der Waals surface area contributed by atoms with Crippen LogP contribution in [0, 0.1) is 0 Å². The van der Waals surface area contributed by atoms with Crippen molar-refractivity contribution >= 4 is 5.91 Å². The van der Waals surface area contributed by atoms with E-state index in [0.29, 0.717) is 23.6 Å². The zero-order chi connectivity index (χ0) is 16.5. The summed E-state index contributed by atoms with van der Waals surface area (Å²) in [6, 6.07) is 14.7. The van der Waals surface area contributed by atoms with E-state index >= 15 is 0 Å². The van der Waals surface area contributed by atoms with Gasteiger partial charge in [-0.25, -0.2) is 9.90 Å². The van der Waals surface area contributed by atoms with Crippen LogP contribution in [0.2, 0.25) is 0 Å². The highest BCUT2D eigenvalue weighted by atomic mass is 16.8. The van der Waals surface area contributed by atoms with E-state index in [0.717, 1.165) is 5.56 Å². The molecule has 2 aliphatic heterocycles. The molecule has 2 atom stereocenters. The van der Waals surface area contributed by atoms with E-state index in [1.807, 2.05) is 37.3 Å². The fourth-order valence-corrected chi connectivity index (χ4v) is 2.72. The second-order valence-electron chi connectivity index (χ2n) is 5.73. The molecule has 0 bridgehead atoms. The predicted octanol–water partition coefficient (Wildman–Crippen LogP) is 2.91. The molecule has 6 nitrogen and oxygen atoms in total. The van der Waals surface area contributed by atoms with Crippen LogP contribution in [0.4, 0.5) is 0 Å². The Hall–Kier alpha value is -2.57. The van der Waals surface area contributed by atoms with Gasteiger partial charge in [-0.2, -0.15) is 0 Å². The Bertz CT molecular complexity index is 748. The molecule has 0 aliphatic carbocycles. The average Bonchev–Trinajstić information content (AvgIpc) is 3.09. The molecule has 1 amide bonds. The average molecular weight is 327 g/mol. The van der Waals surface area contributed by atoms with Gasteiger partial charge in [0.1, 0.15) is 0 Å². The summed E-state index contributed by atoms with van der Waals surface area (Å²) >= 11 is 0. The van der Waals surface area contributed by atoms with E-state index in [9.17, 15) is 4.79 Å². The predicted molar refractivity (Wildman–Crippen MR) is 84.4 cm³/mol. The van der Waals surface area contributed by atoms with Crippen LogP contribution >= 0.6 is 0 Å². The van der Waals surface area contributed by atoms with Gasteiger partial charge in [0, 0.05) is 11.1 Å². The van der Waals surface area contributed by atoms with Crippen molar-refractivity contribution in [3.63, 3.8) is 0 Å². The first-order valence-corrected chi connectivity index (χ1v) is 7.79. The van der Waals surface area contributed by atoms with E-state index in [1.54, 1.807) is 18.2 Å². The van der Waals surface area contributed by atoms with Crippen LogP contribution in [0.25, 0.3) is 0 Å². The fraction of sp³-hybridized carbons (Fsp3) is 0.278. The number of hydroxylamine groups is 2. The molecule has 1 fully saturated rings. The highest BCUT2D eigenvalue weighted by molar-refractivity contribution is 5.94. The summed E-state index contributed by atoms with van der Waals surface area (Å²) in [6.07, 6.45) is -0.741. The maximum Gasteiger partial charge on any atom is 0.277 e. The molecule has 24 heavy (non-hydrogen) atoms. The fourth-order valence-electron chi connectivity index (χ4n) is 2.72. The number of fused-ring (bicyclic) bond motifs is 1. The van der Waals surface area contributed by atoms with Crippen molar-refractivity contribution in [2.24, 2.45) is 0 Å². The number of carbonyl (C=O) groups is 1. The SMILES string of the molecule is C[C@H]1CN(C(=O)c2ccc3c(c2)OCO3)O[C@H](c2ccccc2)O1. The highest BCUT2D eigenvalue weighted by Crippen LogP contribution is 2.34. The van der Waals surface area contributed by atoms with Gasteiger partial charge in [-0.05, 0) is 25.1 Å². The summed E-state index contributed by atoms with van der Waals surface area (Å²) < 4.78 is 16.4. The Morgan fingerprint density at radius 3 is 2.71 bits per heavy atom. The summed E-state index contributed by atoms with van der Waals surface area (Å²) in [4.78, 5) is 18.5. The van der Waals surface area contributed by atoms with Crippen molar-refractivity contribution in [3.8, 4) is 11.5 Å². The zero-order valence-corrected chi connectivity index (χ0v) is 13.2. The van der Waals surface area contributed by atoms with Crippen molar-refractivity contribution < 1.29 is 23.8 Å². The standard InChI is InChI=1S/C18H17NO5/c1-12-10-19(24-18(23-12)13-5-3-2-4-6-13)17(20)14-7-8-15-16(9-14)22-11-21-15/h2-9,12,18H,10-11H2,1H3/t12-,18+/m0/s1. The van der Waals surface area contributed by atoms with Gasteiger partial charge in [-0.15, -0.1) is 0 Å². The molecule has 0 radical (unpaired) electrons. The van der Waals surface area contributed by atoms with E-state index < -0.39 is 6.29 Å². The summed E-state index contributed by atoms with van der Waals surface area (Å²) in [6.45, 7) is 2.45. The van der Waals surface area contributed by atoms with Gasteiger partial charge in [0.05, 0.1) is 12.6 Å².